The normalized spacial score (nSPS) is 25.8. The first-order valence-corrected chi connectivity index (χ1v) is 7.06. The van der Waals surface area contributed by atoms with Crippen LogP contribution in [0.25, 0.3) is 0 Å². The van der Waals surface area contributed by atoms with Crippen molar-refractivity contribution in [3.63, 3.8) is 0 Å². The van der Waals surface area contributed by atoms with Crippen molar-refractivity contribution < 1.29 is 4.79 Å². The highest BCUT2D eigenvalue weighted by Gasteiger charge is 2.32. The molecule has 0 radical (unpaired) electrons. The lowest BCUT2D eigenvalue weighted by molar-refractivity contribution is -0.136. The number of hydrogen-bond acceptors (Lipinski definition) is 1. The van der Waals surface area contributed by atoms with Crippen molar-refractivity contribution in [1.29, 1.82) is 0 Å². The van der Waals surface area contributed by atoms with Gasteiger partial charge in [-0.3, -0.25) is 4.79 Å². The highest BCUT2D eigenvalue weighted by atomic mass is 35.5. The van der Waals surface area contributed by atoms with E-state index in [1.54, 1.807) is 0 Å². The van der Waals surface area contributed by atoms with Crippen LogP contribution < -0.4 is 0 Å². The van der Waals surface area contributed by atoms with Crippen LogP contribution in [0, 0.1) is 0 Å². The molecule has 2 rings (SSSR count). The van der Waals surface area contributed by atoms with Crippen molar-refractivity contribution in [1.82, 2.24) is 4.90 Å². The van der Waals surface area contributed by atoms with Gasteiger partial charge in [-0.15, -0.1) is 11.6 Å². The number of amides is 1. The third-order valence-corrected chi connectivity index (χ3v) is 4.20. The number of rotatable bonds is 2. The predicted molar refractivity (Wildman–Crippen MR) is 74.7 cm³/mol. The number of carbonyl (C=O) groups excluding carboxylic acids is 1. The third kappa shape index (κ3) is 2.69. The summed E-state index contributed by atoms with van der Waals surface area (Å²) >= 11 is 6.33. The van der Waals surface area contributed by atoms with E-state index in [1.165, 1.54) is 6.42 Å². The van der Waals surface area contributed by atoms with Crippen molar-refractivity contribution in [2.24, 2.45) is 0 Å². The van der Waals surface area contributed by atoms with Crippen LogP contribution in [0.4, 0.5) is 0 Å². The Morgan fingerprint density at radius 1 is 1.22 bits per heavy atom. The van der Waals surface area contributed by atoms with Gasteiger partial charge in [-0.25, -0.2) is 0 Å². The molecule has 1 aromatic rings. The van der Waals surface area contributed by atoms with Gasteiger partial charge in [0.05, 0.1) is 0 Å². The summed E-state index contributed by atoms with van der Waals surface area (Å²) in [6, 6.07) is 10.2. The fraction of sp³-hybridized carbons (Fsp3) is 0.533. The minimum Gasteiger partial charge on any atom is -0.336 e. The molecule has 1 aliphatic heterocycles. The number of piperidine rings is 1. The topological polar surface area (TPSA) is 20.3 Å². The number of alkyl halides is 1. The maximum absolute atomic E-state index is 12.5. The van der Waals surface area contributed by atoms with Gasteiger partial charge in [0.15, 0.2) is 0 Å². The second-order valence-corrected chi connectivity index (χ2v) is 5.58. The van der Waals surface area contributed by atoms with Gasteiger partial charge in [-0.05, 0) is 38.7 Å². The van der Waals surface area contributed by atoms with E-state index in [9.17, 15) is 4.79 Å². The molecular formula is C15H20ClNO. The summed E-state index contributed by atoms with van der Waals surface area (Å²) < 4.78 is 0. The van der Waals surface area contributed by atoms with Crippen LogP contribution in [0.5, 0.6) is 0 Å². The molecule has 18 heavy (non-hydrogen) atoms. The fourth-order valence-corrected chi connectivity index (χ4v) is 3.01. The van der Waals surface area contributed by atoms with Crippen LogP contribution in [-0.4, -0.2) is 22.9 Å². The van der Waals surface area contributed by atoms with E-state index < -0.39 is 5.38 Å². The minimum atomic E-state index is -0.561. The molecule has 1 saturated heterocycles. The number of carbonyl (C=O) groups is 1. The Balaban J connectivity index is 2.15. The van der Waals surface area contributed by atoms with Crippen molar-refractivity contribution in [3.8, 4) is 0 Å². The Labute approximate surface area is 114 Å². The minimum absolute atomic E-state index is 0.0440. The van der Waals surface area contributed by atoms with E-state index in [2.05, 4.69) is 13.8 Å². The number of likely N-dealkylation sites (tertiary alicyclic amines) is 1. The highest BCUT2D eigenvalue weighted by Crippen LogP contribution is 2.29. The zero-order valence-electron chi connectivity index (χ0n) is 11.0. The van der Waals surface area contributed by atoms with E-state index in [1.807, 2.05) is 35.2 Å². The SMILES string of the molecule is CC1CCCC(C)N1C(=O)C(Cl)c1ccccc1. The molecular weight excluding hydrogens is 246 g/mol. The zero-order valence-corrected chi connectivity index (χ0v) is 11.7. The number of hydrogen-bond donors (Lipinski definition) is 0. The molecule has 1 heterocycles. The highest BCUT2D eigenvalue weighted by molar-refractivity contribution is 6.30. The largest absolute Gasteiger partial charge is 0.336 e. The summed E-state index contributed by atoms with van der Waals surface area (Å²) in [5.41, 5.74) is 0.883. The van der Waals surface area contributed by atoms with Gasteiger partial charge in [0, 0.05) is 12.1 Å². The van der Waals surface area contributed by atoms with Gasteiger partial charge in [-0.1, -0.05) is 30.3 Å². The summed E-state index contributed by atoms with van der Waals surface area (Å²) in [6.07, 6.45) is 3.35. The molecule has 0 bridgehead atoms. The summed E-state index contributed by atoms with van der Waals surface area (Å²) in [5.74, 6) is 0.0440. The first kappa shape index (κ1) is 13.4. The van der Waals surface area contributed by atoms with Crippen LogP contribution in [-0.2, 0) is 4.79 Å². The molecule has 98 valence electrons. The van der Waals surface area contributed by atoms with Gasteiger partial charge < -0.3 is 4.90 Å². The van der Waals surface area contributed by atoms with Crippen LogP contribution in [0.2, 0.25) is 0 Å². The van der Waals surface area contributed by atoms with Crippen molar-refractivity contribution in [2.75, 3.05) is 0 Å². The van der Waals surface area contributed by atoms with Crippen LogP contribution in [0.1, 0.15) is 44.1 Å². The quantitative estimate of drug-likeness (QED) is 0.746. The van der Waals surface area contributed by atoms with E-state index in [0.29, 0.717) is 12.1 Å². The lowest BCUT2D eigenvalue weighted by Gasteiger charge is -2.40. The molecule has 3 heteroatoms. The second kappa shape index (κ2) is 5.75. The Kier molecular flexibility index (Phi) is 4.28. The molecule has 1 aromatic carbocycles. The smallest absolute Gasteiger partial charge is 0.245 e. The van der Waals surface area contributed by atoms with Crippen LogP contribution in [0.15, 0.2) is 30.3 Å². The number of benzene rings is 1. The van der Waals surface area contributed by atoms with Gasteiger partial charge in [0.25, 0.3) is 0 Å². The van der Waals surface area contributed by atoms with E-state index in [0.717, 1.165) is 18.4 Å². The van der Waals surface area contributed by atoms with E-state index >= 15 is 0 Å². The molecule has 0 N–H and O–H groups in total. The molecule has 0 spiro atoms. The molecule has 0 aliphatic carbocycles. The number of nitrogens with zero attached hydrogens (tertiary/aromatic N) is 1. The summed E-state index contributed by atoms with van der Waals surface area (Å²) in [7, 11) is 0. The lowest BCUT2D eigenvalue weighted by Crippen LogP contribution is -2.48. The van der Waals surface area contributed by atoms with Crippen LogP contribution in [0.3, 0.4) is 0 Å². The second-order valence-electron chi connectivity index (χ2n) is 5.15. The van der Waals surface area contributed by atoms with Crippen molar-refractivity contribution in [2.45, 2.75) is 50.6 Å². The van der Waals surface area contributed by atoms with Crippen molar-refractivity contribution >= 4 is 17.5 Å². The van der Waals surface area contributed by atoms with Crippen LogP contribution >= 0.6 is 11.6 Å². The maximum Gasteiger partial charge on any atom is 0.245 e. The Morgan fingerprint density at radius 2 is 1.78 bits per heavy atom. The Morgan fingerprint density at radius 3 is 2.33 bits per heavy atom. The monoisotopic (exact) mass is 265 g/mol. The van der Waals surface area contributed by atoms with E-state index in [-0.39, 0.29) is 5.91 Å². The third-order valence-electron chi connectivity index (χ3n) is 3.76. The maximum atomic E-state index is 12.5. The fourth-order valence-electron chi connectivity index (χ4n) is 2.75. The molecule has 3 atom stereocenters. The average Bonchev–Trinajstić information content (AvgIpc) is 2.38. The molecule has 1 amide bonds. The van der Waals surface area contributed by atoms with Crippen molar-refractivity contribution in [3.05, 3.63) is 35.9 Å². The number of halogens is 1. The van der Waals surface area contributed by atoms with Gasteiger partial charge in [-0.2, -0.15) is 0 Å². The lowest BCUT2D eigenvalue weighted by atomic mass is 9.96. The first-order valence-electron chi connectivity index (χ1n) is 6.62. The summed E-state index contributed by atoms with van der Waals surface area (Å²) in [4.78, 5) is 14.5. The van der Waals surface area contributed by atoms with Gasteiger partial charge in [0.2, 0.25) is 5.91 Å². The molecule has 1 fully saturated rings. The Bertz CT molecular complexity index is 396. The summed E-state index contributed by atoms with van der Waals surface area (Å²) in [6.45, 7) is 4.23. The summed E-state index contributed by atoms with van der Waals surface area (Å²) in [5, 5.41) is -0.561. The molecule has 0 saturated carbocycles. The zero-order chi connectivity index (χ0) is 13.1. The Hall–Kier alpha value is -1.02. The standard InChI is InChI=1S/C15H20ClNO/c1-11-7-6-8-12(2)17(11)15(18)14(16)13-9-4-3-5-10-13/h3-5,9-12,14H,6-8H2,1-2H3. The average molecular weight is 266 g/mol. The van der Waals surface area contributed by atoms with E-state index in [4.69, 9.17) is 11.6 Å². The van der Waals surface area contributed by atoms with Gasteiger partial charge >= 0.3 is 0 Å². The molecule has 1 aliphatic rings. The molecule has 0 aromatic heterocycles. The predicted octanol–water partition coefficient (Wildman–Crippen LogP) is 3.76. The molecule has 2 nitrogen and oxygen atoms in total. The first-order chi connectivity index (χ1) is 8.61. The van der Waals surface area contributed by atoms with Gasteiger partial charge in [0.1, 0.15) is 5.38 Å². The molecule has 3 unspecified atom stereocenters.